The second kappa shape index (κ2) is 7.73. The Morgan fingerprint density at radius 2 is 1.67 bits per heavy atom. The Hall–Kier alpha value is -2.97. The number of anilines is 1. The van der Waals surface area contributed by atoms with Crippen molar-refractivity contribution in [2.24, 2.45) is 0 Å². The van der Waals surface area contributed by atoms with Gasteiger partial charge in [-0.25, -0.2) is 22.2 Å². The van der Waals surface area contributed by atoms with Crippen LogP contribution in [0.5, 0.6) is 0 Å². The SMILES string of the molecule is Fc1ccccc1CNc1ccc(-c2cn(C(F)F)nc2C(F)F)c(F)c1. The van der Waals surface area contributed by atoms with Gasteiger partial charge in [-0.3, -0.25) is 0 Å². The van der Waals surface area contributed by atoms with Gasteiger partial charge in [0.05, 0.1) is 0 Å². The summed E-state index contributed by atoms with van der Waals surface area (Å²) in [6.45, 7) is -3.04. The van der Waals surface area contributed by atoms with E-state index in [1.54, 1.807) is 12.1 Å². The van der Waals surface area contributed by atoms with Crippen molar-refractivity contribution in [1.82, 2.24) is 9.78 Å². The van der Waals surface area contributed by atoms with E-state index in [0.717, 1.165) is 6.07 Å². The van der Waals surface area contributed by atoms with Crippen LogP contribution >= 0.6 is 0 Å². The highest BCUT2D eigenvalue weighted by atomic mass is 19.3. The Morgan fingerprint density at radius 3 is 2.30 bits per heavy atom. The van der Waals surface area contributed by atoms with Crippen molar-refractivity contribution in [2.75, 3.05) is 5.32 Å². The molecule has 0 bridgehead atoms. The third kappa shape index (κ3) is 4.07. The van der Waals surface area contributed by atoms with Gasteiger partial charge in [0.15, 0.2) is 0 Å². The largest absolute Gasteiger partial charge is 0.381 e. The fraction of sp³-hybridized carbons (Fsp3) is 0.167. The molecule has 1 heterocycles. The van der Waals surface area contributed by atoms with Crippen molar-refractivity contribution in [3.05, 3.63) is 71.6 Å². The molecule has 0 aliphatic rings. The summed E-state index contributed by atoms with van der Waals surface area (Å²) < 4.78 is 79.6. The molecular weight excluding hydrogens is 372 g/mol. The summed E-state index contributed by atoms with van der Waals surface area (Å²) in [6, 6.07) is 9.61. The van der Waals surface area contributed by atoms with Gasteiger partial charge < -0.3 is 5.32 Å². The van der Waals surface area contributed by atoms with Crippen LogP contribution in [-0.2, 0) is 6.54 Å². The Morgan fingerprint density at radius 1 is 0.926 bits per heavy atom. The number of hydrogen-bond acceptors (Lipinski definition) is 2. The zero-order valence-electron chi connectivity index (χ0n) is 13.6. The van der Waals surface area contributed by atoms with E-state index in [1.807, 2.05) is 0 Å². The van der Waals surface area contributed by atoms with Crippen LogP contribution < -0.4 is 5.32 Å². The van der Waals surface area contributed by atoms with Crippen LogP contribution in [0.25, 0.3) is 11.1 Å². The first-order valence-corrected chi connectivity index (χ1v) is 7.79. The summed E-state index contributed by atoms with van der Waals surface area (Å²) in [7, 11) is 0. The fourth-order valence-corrected chi connectivity index (χ4v) is 2.56. The number of nitrogens with one attached hydrogen (secondary N) is 1. The number of hydrogen-bond donors (Lipinski definition) is 1. The summed E-state index contributed by atoms with van der Waals surface area (Å²) in [5.41, 5.74) is -0.988. The molecule has 0 aliphatic carbocycles. The van der Waals surface area contributed by atoms with E-state index in [-0.39, 0.29) is 22.5 Å². The van der Waals surface area contributed by atoms with E-state index in [2.05, 4.69) is 10.4 Å². The fourth-order valence-electron chi connectivity index (χ4n) is 2.56. The Balaban J connectivity index is 1.86. The Labute approximate surface area is 150 Å². The molecule has 9 heteroatoms. The predicted octanol–water partition coefficient (Wildman–Crippen LogP) is 5.77. The van der Waals surface area contributed by atoms with Gasteiger partial charge in [0.25, 0.3) is 6.43 Å². The molecule has 3 nitrogen and oxygen atoms in total. The lowest BCUT2D eigenvalue weighted by Crippen LogP contribution is -2.02. The lowest BCUT2D eigenvalue weighted by atomic mass is 10.1. The van der Waals surface area contributed by atoms with Gasteiger partial charge in [0.2, 0.25) is 0 Å². The van der Waals surface area contributed by atoms with Gasteiger partial charge in [-0.15, -0.1) is 0 Å². The van der Waals surface area contributed by atoms with E-state index in [0.29, 0.717) is 11.8 Å². The van der Waals surface area contributed by atoms with Gasteiger partial charge in [0, 0.05) is 35.1 Å². The molecular formula is C18H13F6N3. The molecule has 0 saturated carbocycles. The minimum absolute atomic E-state index is 0.0562. The van der Waals surface area contributed by atoms with Gasteiger partial charge >= 0.3 is 6.55 Å². The van der Waals surface area contributed by atoms with Crippen LogP contribution in [0.4, 0.5) is 32.0 Å². The summed E-state index contributed by atoms with van der Waals surface area (Å²) >= 11 is 0. The third-order valence-electron chi connectivity index (χ3n) is 3.87. The maximum Gasteiger partial charge on any atom is 0.333 e. The van der Waals surface area contributed by atoms with Crippen molar-refractivity contribution < 1.29 is 26.3 Å². The molecule has 2 aromatic carbocycles. The maximum atomic E-state index is 14.4. The summed E-state index contributed by atoms with van der Waals surface area (Å²) in [5, 5.41) is 5.94. The number of aromatic nitrogens is 2. The lowest BCUT2D eigenvalue weighted by molar-refractivity contribution is 0.0537. The molecule has 0 saturated heterocycles. The minimum atomic E-state index is -3.14. The average Bonchev–Trinajstić information content (AvgIpc) is 3.07. The Bertz CT molecular complexity index is 939. The second-order valence-electron chi connectivity index (χ2n) is 5.63. The number of nitrogens with zero attached hydrogens (tertiary/aromatic N) is 2. The molecule has 0 atom stereocenters. The highest BCUT2D eigenvalue weighted by Gasteiger charge is 2.24. The molecule has 1 aromatic heterocycles. The van der Waals surface area contributed by atoms with Crippen LogP contribution in [-0.4, -0.2) is 9.78 Å². The van der Waals surface area contributed by atoms with E-state index >= 15 is 0 Å². The van der Waals surface area contributed by atoms with Crippen LogP contribution in [0, 0.1) is 11.6 Å². The molecule has 142 valence electrons. The molecule has 0 fully saturated rings. The number of alkyl halides is 4. The predicted molar refractivity (Wildman–Crippen MR) is 87.6 cm³/mol. The summed E-state index contributed by atoms with van der Waals surface area (Å²) in [4.78, 5) is 0. The summed E-state index contributed by atoms with van der Waals surface area (Å²) in [5.74, 6) is -1.33. The zero-order chi connectivity index (χ0) is 19.6. The first-order chi connectivity index (χ1) is 12.9. The van der Waals surface area contributed by atoms with E-state index < -0.39 is 35.9 Å². The zero-order valence-corrected chi connectivity index (χ0v) is 13.6. The van der Waals surface area contributed by atoms with Gasteiger partial charge in [-0.05, 0) is 24.3 Å². The van der Waals surface area contributed by atoms with Gasteiger partial charge in [-0.2, -0.15) is 13.9 Å². The van der Waals surface area contributed by atoms with E-state index in [4.69, 9.17) is 0 Å². The van der Waals surface area contributed by atoms with Gasteiger partial charge in [-0.1, -0.05) is 18.2 Å². The topological polar surface area (TPSA) is 29.9 Å². The average molecular weight is 385 g/mol. The van der Waals surface area contributed by atoms with Crippen LogP contribution in [0.15, 0.2) is 48.7 Å². The lowest BCUT2D eigenvalue weighted by Gasteiger charge is -2.10. The first-order valence-electron chi connectivity index (χ1n) is 7.79. The van der Waals surface area contributed by atoms with Crippen LogP contribution in [0.3, 0.4) is 0 Å². The standard InChI is InChI=1S/C18H13F6N3/c19-14-4-2-1-3-10(14)8-25-11-5-6-12(15(20)7-11)13-9-27(18(23)24)26-16(13)17(21)22/h1-7,9,17-18,25H,8H2. The monoisotopic (exact) mass is 385 g/mol. The smallest absolute Gasteiger partial charge is 0.333 e. The van der Waals surface area contributed by atoms with E-state index in [9.17, 15) is 26.3 Å². The molecule has 0 spiro atoms. The molecule has 0 aliphatic heterocycles. The number of benzene rings is 2. The normalized spacial score (nSPS) is 11.4. The quantitative estimate of drug-likeness (QED) is 0.546. The molecule has 3 rings (SSSR count). The van der Waals surface area contributed by atoms with Crippen molar-refractivity contribution in [2.45, 2.75) is 19.5 Å². The first kappa shape index (κ1) is 18.8. The van der Waals surface area contributed by atoms with E-state index in [1.165, 1.54) is 24.3 Å². The molecule has 0 radical (unpaired) electrons. The Kier molecular flexibility index (Phi) is 5.38. The molecule has 1 N–H and O–H groups in total. The van der Waals surface area contributed by atoms with Crippen molar-refractivity contribution in [1.29, 1.82) is 0 Å². The molecule has 3 aromatic rings. The van der Waals surface area contributed by atoms with Crippen molar-refractivity contribution in [3.63, 3.8) is 0 Å². The third-order valence-corrected chi connectivity index (χ3v) is 3.87. The van der Waals surface area contributed by atoms with Crippen LogP contribution in [0.1, 0.15) is 24.2 Å². The number of rotatable bonds is 6. The van der Waals surface area contributed by atoms with Crippen LogP contribution in [0.2, 0.25) is 0 Å². The minimum Gasteiger partial charge on any atom is -0.381 e. The van der Waals surface area contributed by atoms with Crippen molar-refractivity contribution >= 4 is 5.69 Å². The number of halogens is 6. The highest BCUT2D eigenvalue weighted by molar-refractivity contribution is 5.68. The summed E-state index contributed by atoms with van der Waals surface area (Å²) in [6.07, 6.45) is -2.46. The van der Waals surface area contributed by atoms with Gasteiger partial charge in [0.1, 0.15) is 17.3 Å². The molecule has 0 unspecified atom stereocenters. The molecule has 0 amide bonds. The van der Waals surface area contributed by atoms with Crippen molar-refractivity contribution in [3.8, 4) is 11.1 Å². The highest BCUT2D eigenvalue weighted by Crippen LogP contribution is 2.34. The molecule has 27 heavy (non-hydrogen) atoms. The maximum absolute atomic E-state index is 14.4. The second-order valence-corrected chi connectivity index (χ2v) is 5.63.